The molecule has 0 aliphatic carbocycles. The minimum Gasteiger partial charge on any atom is -0.394 e. The van der Waals surface area contributed by atoms with Crippen LogP contribution in [0.4, 0.5) is 0 Å². The van der Waals surface area contributed by atoms with E-state index in [1.807, 2.05) is 0 Å². The smallest absolute Gasteiger partial charge is 0.0701 e. The lowest BCUT2D eigenvalue weighted by molar-refractivity contribution is -0.00659. The summed E-state index contributed by atoms with van der Waals surface area (Å²) in [4.78, 5) is 0. The lowest BCUT2D eigenvalue weighted by Crippen LogP contribution is -2.13. The van der Waals surface area contributed by atoms with Gasteiger partial charge in [-0.05, 0) is 12.3 Å². The molecule has 0 spiro atoms. The second-order valence-electron chi connectivity index (χ2n) is 5.02. The van der Waals surface area contributed by atoms with Crippen LogP contribution < -0.4 is 0 Å². The number of aliphatic hydroxyl groups excluding tert-OH is 1. The van der Waals surface area contributed by atoms with Crippen molar-refractivity contribution in [3.8, 4) is 0 Å². The molecular weight excluding hydrogens is 272 g/mol. The molecule has 0 fully saturated rings. The number of hydrogen-bond donors (Lipinski definition) is 1. The first-order valence-corrected chi connectivity index (χ1v) is 8.26. The van der Waals surface area contributed by atoms with Crippen molar-refractivity contribution in [3.05, 3.63) is 0 Å². The summed E-state index contributed by atoms with van der Waals surface area (Å²) in [7, 11) is 0. The third-order valence-electron chi connectivity index (χ3n) is 3.30. The maximum atomic E-state index is 8.50. The molecule has 0 radical (unpaired) electrons. The van der Waals surface area contributed by atoms with Crippen molar-refractivity contribution in [2.45, 2.75) is 39.5 Å². The molecule has 5 heteroatoms. The highest BCUT2D eigenvalue weighted by atomic mass is 16.6. The lowest BCUT2D eigenvalue weighted by atomic mass is 9.98. The van der Waals surface area contributed by atoms with E-state index in [9.17, 15) is 0 Å². The normalized spacial score (nSPS) is 12.7. The van der Waals surface area contributed by atoms with Gasteiger partial charge in [0, 0.05) is 6.61 Å². The van der Waals surface area contributed by atoms with E-state index in [2.05, 4.69) is 13.8 Å². The van der Waals surface area contributed by atoms with Gasteiger partial charge >= 0.3 is 0 Å². The average Bonchev–Trinajstić information content (AvgIpc) is 2.50. The number of hydrogen-bond acceptors (Lipinski definition) is 5. The molecule has 0 heterocycles. The van der Waals surface area contributed by atoms with Gasteiger partial charge in [-0.1, -0.05) is 33.1 Å². The second kappa shape index (κ2) is 17.9. The number of rotatable bonds is 17. The standard InChI is InChI=1S/C16H34O5/c1-3-5-16(4-2)6-8-18-10-12-20-14-15-21-13-11-19-9-7-17/h16-17H,3-15H2,1-2H3. The van der Waals surface area contributed by atoms with E-state index in [1.165, 1.54) is 19.3 Å². The molecule has 0 aliphatic rings. The molecule has 128 valence electrons. The molecule has 0 saturated heterocycles. The van der Waals surface area contributed by atoms with Crippen LogP contribution in [0.2, 0.25) is 0 Å². The van der Waals surface area contributed by atoms with Gasteiger partial charge in [0.1, 0.15) is 0 Å². The zero-order chi connectivity index (χ0) is 15.6. The van der Waals surface area contributed by atoms with Gasteiger partial charge in [0.2, 0.25) is 0 Å². The van der Waals surface area contributed by atoms with Crippen molar-refractivity contribution >= 4 is 0 Å². The van der Waals surface area contributed by atoms with Gasteiger partial charge in [-0.3, -0.25) is 0 Å². The fraction of sp³-hybridized carbons (Fsp3) is 1.00. The molecular formula is C16H34O5. The van der Waals surface area contributed by atoms with Crippen molar-refractivity contribution in [1.29, 1.82) is 0 Å². The molecule has 21 heavy (non-hydrogen) atoms. The second-order valence-corrected chi connectivity index (χ2v) is 5.02. The summed E-state index contributed by atoms with van der Waals surface area (Å²) < 4.78 is 21.4. The molecule has 0 aromatic carbocycles. The molecule has 0 aromatic rings. The van der Waals surface area contributed by atoms with E-state index in [-0.39, 0.29) is 6.61 Å². The van der Waals surface area contributed by atoms with Crippen LogP contribution in [0.1, 0.15) is 39.5 Å². The third-order valence-corrected chi connectivity index (χ3v) is 3.30. The van der Waals surface area contributed by atoms with Crippen molar-refractivity contribution < 1.29 is 24.1 Å². The predicted molar refractivity (Wildman–Crippen MR) is 83.7 cm³/mol. The van der Waals surface area contributed by atoms with Crippen LogP contribution in [-0.2, 0) is 18.9 Å². The van der Waals surface area contributed by atoms with Crippen molar-refractivity contribution in [2.75, 3.05) is 59.5 Å². The molecule has 1 atom stereocenters. The van der Waals surface area contributed by atoms with Gasteiger partial charge in [0.05, 0.1) is 52.9 Å². The third kappa shape index (κ3) is 16.0. The topological polar surface area (TPSA) is 57.2 Å². The minimum absolute atomic E-state index is 0.0561. The van der Waals surface area contributed by atoms with Crippen LogP contribution in [0.15, 0.2) is 0 Å². The van der Waals surface area contributed by atoms with Crippen LogP contribution >= 0.6 is 0 Å². The molecule has 0 bridgehead atoms. The van der Waals surface area contributed by atoms with E-state index >= 15 is 0 Å². The Bertz CT molecular complexity index is 190. The summed E-state index contributed by atoms with van der Waals surface area (Å²) in [5.74, 6) is 0.803. The molecule has 0 amide bonds. The van der Waals surface area contributed by atoms with E-state index in [4.69, 9.17) is 24.1 Å². The van der Waals surface area contributed by atoms with Crippen LogP contribution in [0, 0.1) is 5.92 Å². The highest BCUT2D eigenvalue weighted by molar-refractivity contribution is 4.55. The Hall–Kier alpha value is -0.200. The molecule has 1 unspecified atom stereocenters. The lowest BCUT2D eigenvalue weighted by Gasteiger charge is -2.13. The Labute approximate surface area is 129 Å². The number of ether oxygens (including phenoxy) is 4. The summed E-state index contributed by atoms with van der Waals surface area (Å²) in [5.41, 5.74) is 0. The largest absolute Gasteiger partial charge is 0.394 e. The van der Waals surface area contributed by atoms with Crippen LogP contribution in [0.3, 0.4) is 0 Å². The fourth-order valence-corrected chi connectivity index (χ4v) is 2.04. The van der Waals surface area contributed by atoms with Crippen LogP contribution in [-0.4, -0.2) is 64.6 Å². The maximum Gasteiger partial charge on any atom is 0.0701 e. The molecule has 0 rings (SSSR count). The Kier molecular flexibility index (Phi) is 17.7. The Morgan fingerprint density at radius 1 is 0.667 bits per heavy atom. The zero-order valence-electron chi connectivity index (χ0n) is 13.8. The summed E-state index contributed by atoms with van der Waals surface area (Å²) in [6.45, 7) is 9.21. The van der Waals surface area contributed by atoms with Gasteiger partial charge in [-0.25, -0.2) is 0 Å². The Morgan fingerprint density at radius 3 is 1.57 bits per heavy atom. The van der Waals surface area contributed by atoms with E-state index in [0.29, 0.717) is 46.2 Å². The summed E-state index contributed by atoms with van der Waals surface area (Å²) in [6.07, 6.45) is 4.96. The van der Waals surface area contributed by atoms with E-state index in [1.54, 1.807) is 0 Å². The van der Waals surface area contributed by atoms with E-state index < -0.39 is 0 Å². The van der Waals surface area contributed by atoms with Crippen molar-refractivity contribution in [3.63, 3.8) is 0 Å². The van der Waals surface area contributed by atoms with Crippen molar-refractivity contribution in [1.82, 2.24) is 0 Å². The predicted octanol–water partition coefficient (Wildman–Crippen LogP) is 2.26. The van der Waals surface area contributed by atoms with Gasteiger partial charge in [0.25, 0.3) is 0 Å². The van der Waals surface area contributed by atoms with Gasteiger partial charge in [-0.15, -0.1) is 0 Å². The maximum absolute atomic E-state index is 8.50. The quantitative estimate of drug-likeness (QED) is 0.418. The number of aliphatic hydroxyl groups is 1. The van der Waals surface area contributed by atoms with Crippen molar-refractivity contribution in [2.24, 2.45) is 5.92 Å². The first-order chi connectivity index (χ1) is 10.3. The van der Waals surface area contributed by atoms with Gasteiger partial charge in [-0.2, -0.15) is 0 Å². The molecule has 0 saturated carbocycles. The van der Waals surface area contributed by atoms with Crippen LogP contribution in [0.25, 0.3) is 0 Å². The highest BCUT2D eigenvalue weighted by Gasteiger charge is 2.04. The SMILES string of the molecule is CCCC(CC)CCOCCOCCOCCOCCO. The minimum atomic E-state index is 0.0561. The molecule has 5 nitrogen and oxygen atoms in total. The Morgan fingerprint density at radius 2 is 1.14 bits per heavy atom. The summed E-state index contributed by atoms with van der Waals surface area (Å²) >= 11 is 0. The monoisotopic (exact) mass is 306 g/mol. The Balaban J connectivity index is 3.08. The fourth-order valence-electron chi connectivity index (χ4n) is 2.04. The average molecular weight is 306 g/mol. The van der Waals surface area contributed by atoms with Crippen LogP contribution in [0.5, 0.6) is 0 Å². The molecule has 0 aliphatic heterocycles. The highest BCUT2D eigenvalue weighted by Crippen LogP contribution is 2.14. The first kappa shape index (κ1) is 20.8. The van der Waals surface area contributed by atoms with Gasteiger partial charge < -0.3 is 24.1 Å². The summed E-state index contributed by atoms with van der Waals surface area (Å²) in [6, 6.07) is 0. The zero-order valence-corrected chi connectivity index (χ0v) is 13.8. The van der Waals surface area contributed by atoms with Gasteiger partial charge in [0.15, 0.2) is 0 Å². The van der Waals surface area contributed by atoms with E-state index in [0.717, 1.165) is 18.9 Å². The molecule has 0 aromatic heterocycles. The first-order valence-electron chi connectivity index (χ1n) is 8.26. The summed E-state index contributed by atoms with van der Waals surface area (Å²) in [5, 5.41) is 8.50. The molecule has 1 N–H and O–H groups in total.